The van der Waals surface area contributed by atoms with Crippen LogP contribution in [-0.4, -0.2) is 17.5 Å². The summed E-state index contributed by atoms with van der Waals surface area (Å²) in [5.41, 5.74) is 3.22. The van der Waals surface area contributed by atoms with Gasteiger partial charge in [-0.2, -0.15) is 6.20 Å². The topological polar surface area (TPSA) is 39.4 Å². The van der Waals surface area contributed by atoms with Crippen molar-refractivity contribution in [1.29, 1.82) is 0 Å². The van der Waals surface area contributed by atoms with Crippen LogP contribution in [0.2, 0.25) is 0 Å². The second-order valence-corrected chi connectivity index (χ2v) is 5.02. The van der Waals surface area contributed by atoms with E-state index in [1.54, 1.807) is 12.4 Å². The summed E-state index contributed by atoms with van der Waals surface area (Å²) in [6.07, 6.45) is 12.3. The van der Waals surface area contributed by atoms with E-state index in [4.69, 9.17) is 0 Å². The van der Waals surface area contributed by atoms with Crippen molar-refractivity contribution in [1.82, 2.24) is 4.98 Å². The van der Waals surface area contributed by atoms with Gasteiger partial charge in [-0.15, -0.1) is 41.9 Å². The zero-order chi connectivity index (χ0) is 15.7. The Morgan fingerprint density at radius 2 is 2.00 bits per heavy atom. The van der Waals surface area contributed by atoms with Crippen LogP contribution in [-0.2, 0) is 20.1 Å². The molecule has 0 spiro atoms. The summed E-state index contributed by atoms with van der Waals surface area (Å²) in [4.78, 5) is 8.43. The number of benzene rings is 1. The van der Waals surface area contributed by atoms with Gasteiger partial charge in [0.2, 0.25) is 0 Å². The maximum Gasteiger partial charge on any atom is 0.120 e. The summed E-state index contributed by atoms with van der Waals surface area (Å²) in [7, 11) is 0. The van der Waals surface area contributed by atoms with E-state index in [2.05, 4.69) is 27.3 Å². The van der Waals surface area contributed by atoms with Crippen LogP contribution in [0, 0.1) is 6.07 Å². The van der Waals surface area contributed by atoms with Crippen LogP contribution in [0.4, 0.5) is 0 Å². The molecule has 0 unspecified atom stereocenters. The van der Waals surface area contributed by atoms with Crippen molar-refractivity contribution in [3.8, 4) is 0 Å². The molecule has 0 saturated carbocycles. The molecule has 24 heavy (non-hydrogen) atoms. The first-order chi connectivity index (χ1) is 11.4. The van der Waals surface area contributed by atoms with Gasteiger partial charge >= 0.3 is 0 Å². The normalized spacial score (nSPS) is 14.2. The van der Waals surface area contributed by atoms with Crippen LogP contribution in [0.3, 0.4) is 0 Å². The molecule has 2 aromatic rings. The van der Waals surface area contributed by atoms with Gasteiger partial charge in [-0.05, 0) is 23.8 Å². The molecular weight excluding hydrogens is 473 g/mol. The van der Waals surface area contributed by atoms with E-state index in [9.17, 15) is 0 Å². The molecule has 0 fully saturated rings. The van der Waals surface area contributed by atoms with E-state index in [1.807, 2.05) is 66.8 Å². The van der Waals surface area contributed by atoms with Crippen LogP contribution in [0.5, 0.6) is 0 Å². The molecule has 0 amide bonds. The fraction of sp³-hybridized carbons (Fsp3) is 0.0526. The number of rotatable bonds is 2. The average molecular weight is 489 g/mol. The first-order valence-electron chi connectivity index (χ1n) is 7.56. The van der Waals surface area contributed by atoms with Crippen molar-refractivity contribution < 1.29 is 20.1 Å². The zero-order valence-electron chi connectivity index (χ0n) is 13.0. The minimum absolute atomic E-state index is 0. The maximum atomic E-state index is 4.27. The molecule has 4 rings (SSSR count). The third kappa shape index (κ3) is 5.15. The molecule has 0 bridgehead atoms. The van der Waals surface area contributed by atoms with Gasteiger partial charge in [-0.1, -0.05) is 30.4 Å². The summed E-state index contributed by atoms with van der Waals surface area (Å²) in [6.45, 7) is 0.108. The number of hydrogen-bond donors (Lipinski definition) is 0. The molecule has 1 aromatic heterocycles. The van der Waals surface area contributed by atoms with Crippen LogP contribution < -0.4 is 5.59 Å². The molecule has 3 heterocycles. The Balaban J connectivity index is 0.000000167. The second-order valence-electron chi connectivity index (χ2n) is 5.02. The van der Waals surface area contributed by atoms with E-state index in [-0.39, 0.29) is 27.0 Å². The molecule has 2 aliphatic heterocycles. The molecule has 121 valence electrons. The van der Waals surface area contributed by atoms with E-state index < -0.39 is 0 Å². The number of aliphatic imine (C=N–C) groups is 1. The summed E-state index contributed by atoms with van der Waals surface area (Å²) in [5, 5.41) is 4.27. The molecule has 0 aliphatic carbocycles. The minimum Gasteiger partial charge on any atom is -0.704 e. The predicted molar refractivity (Wildman–Crippen MR) is 96.8 cm³/mol. The summed E-state index contributed by atoms with van der Waals surface area (Å²) in [6, 6.07) is 16.9. The van der Waals surface area contributed by atoms with Gasteiger partial charge in [0.25, 0.3) is 0 Å². The van der Waals surface area contributed by atoms with E-state index in [0.717, 1.165) is 23.3 Å². The Labute approximate surface area is 156 Å². The van der Waals surface area contributed by atoms with Gasteiger partial charge in [-0.25, -0.2) is 0 Å². The monoisotopic (exact) mass is 490 g/mol. The van der Waals surface area contributed by atoms with Gasteiger partial charge in [0.05, 0.1) is 0 Å². The first kappa shape index (κ1) is 18.1. The largest absolute Gasteiger partial charge is 0.704 e. The maximum absolute atomic E-state index is 4.27. The van der Waals surface area contributed by atoms with Crippen molar-refractivity contribution >= 4 is 18.2 Å². The Kier molecular flexibility index (Phi) is 7.41. The molecule has 0 N–H and O–H groups in total. The zero-order valence-corrected chi connectivity index (χ0v) is 15.4. The van der Waals surface area contributed by atoms with E-state index in [0.29, 0.717) is 0 Å². The molecule has 1 radical (unpaired) electrons. The summed E-state index contributed by atoms with van der Waals surface area (Å²) < 4.78 is 0. The number of aromatic nitrogens is 1. The van der Waals surface area contributed by atoms with Crippen molar-refractivity contribution in [2.45, 2.75) is 6.42 Å². The van der Waals surface area contributed by atoms with Gasteiger partial charge in [0.15, 0.2) is 0 Å². The molecule has 3 nitrogen and oxygen atoms in total. The number of nitrogens with zero attached hydrogens (tertiary/aromatic N) is 3. The third-order valence-electron chi connectivity index (χ3n) is 3.39. The van der Waals surface area contributed by atoms with Crippen LogP contribution in [0.15, 0.2) is 90.3 Å². The number of allylic oxidation sites excluding steroid dienone is 3. The average Bonchev–Trinajstić information content (AvgIpc) is 3.19. The van der Waals surface area contributed by atoms with Crippen molar-refractivity contribution in [3.05, 3.63) is 102 Å². The van der Waals surface area contributed by atoms with Gasteiger partial charge in [0.1, 0.15) is 6.85 Å². The molecule has 1 aromatic carbocycles. The fourth-order valence-corrected chi connectivity index (χ4v) is 2.25. The van der Waals surface area contributed by atoms with Crippen LogP contribution >= 0.6 is 0 Å². The minimum atomic E-state index is 0. The van der Waals surface area contributed by atoms with Crippen molar-refractivity contribution in [2.24, 2.45) is 4.99 Å². The standard InChI is InChI=1S/C10H8N.C9H8BN2.Ir/c1-2-5-9(6-3-1)10-7-4-8-11-10;1-3-7-11-9(5-1)10-6-2-4-8-12-10;/h1-5,8H,7H2;1-8H;/q2*-1;. The van der Waals surface area contributed by atoms with Gasteiger partial charge in [0, 0.05) is 32.5 Å². The predicted octanol–water partition coefficient (Wildman–Crippen LogP) is 3.47. The molecule has 0 saturated heterocycles. The molecule has 2 aliphatic rings. The van der Waals surface area contributed by atoms with E-state index in [1.165, 1.54) is 0 Å². The fourth-order valence-electron chi connectivity index (χ4n) is 2.25. The quantitative estimate of drug-likeness (QED) is 0.471. The summed E-state index contributed by atoms with van der Waals surface area (Å²) in [5.74, 6) is 2.03. The Morgan fingerprint density at radius 1 is 1.08 bits per heavy atom. The van der Waals surface area contributed by atoms with E-state index >= 15 is 0 Å². The first-order valence-corrected chi connectivity index (χ1v) is 7.56. The number of hydrogen-bond acceptors (Lipinski definition) is 2. The third-order valence-corrected chi connectivity index (χ3v) is 3.39. The van der Waals surface area contributed by atoms with Crippen LogP contribution in [0.1, 0.15) is 12.0 Å². The Hall–Kier alpha value is -2.23. The second kappa shape index (κ2) is 9.81. The molecule has 5 heteroatoms. The Bertz CT molecular complexity index is 740. The van der Waals surface area contributed by atoms with Gasteiger partial charge in [-0.3, -0.25) is 4.98 Å². The SMILES string of the molecule is C1=C[N-]B(c2ccccn2)C=C1.[Ir].[c-]1ccccc1C1=NC=CC1. The molecule has 0 atom stereocenters. The smallest absolute Gasteiger partial charge is 0.120 e. The van der Waals surface area contributed by atoms with Gasteiger partial charge < -0.3 is 10.2 Å². The van der Waals surface area contributed by atoms with Crippen LogP contribution in [0.25, 0.3) is 5.23 Å². The molecular formula is C19H16BIrN3-2. The Morgan fingerprint density at radius 3 is 2.62 bits per heavy atom. The van der Waals surface area contributed by atoms with Crippen molar-refractivity contribution in [2.75, 3.05) is 0 Å². The summed E-state index contributed by atoms with van der Waals surface area (Å²) >= 11 is 0. The number of pyridine rings is 1. The van der Waals surface area contributed by atoms with Crippen molar-refractivity contribution in [3.63, 3.8) is 0 Å².